The molecule has 0 amide bonds. The number of carbonyl (C=O) groups excluding carboxylic acids is 2. The first-order valence-electron chi connectivity index (χ1n) is 6.30. The average molecular weight is 285 g/mol. The molecule has 0 spiro atoms. The summed E-state index contributed by atoms with van der Waals surface area (Å²) in [5.41, 5.74) is 7.81. The van der Waals surface area contributed by atoms with Gasteiger partial charge in [-0.05, 0) is 42.0 Å². The molecule has 2 aromatic rings. The minimum absolute atomic E-state index is 0.130. The Bertz CT molecular complexity index is 632. The minimum Gasteiger partial charge on any atom is -0.465 e. The molecule has 0 aliphatic rings. The van der Waals surface area contributed by atoms with Gasteiger partial charge in [0.15, 0.2) is 0 Å². The summed E-state index contributed by atoms with van der Waals surface area (Å²) in [6.45, 7) is 0.130. The normalized spacial score (nSPS) is 9.95. The molecule has 0 aliphatic heterocycles. The minimum atomic E-state index is -0.424. The lowest BCUT2D eigenvalue weighted by atomic mass is 10.1. The number of ether oxygens (including phenoxy) is 2. The van der Waals surface area contributed by atoms with E-state index in [-0.39, 0.29) is 6.61 Å². The number of rotatable bonds is 4. The summed E-state index contributed by atoms with van der Waals surface area (Å²) in [6, 6.07) is 13.2. The molecule has 108 valence electrons. The van der Waals surface area contributed by atoms with Gasteiger partial charge in [-0.2, -0.15) is 0 Å². The number of anilines is 1. The van der Waals surface area contributed by atoms with Crippen molar-refractivity contribution in [2.24, 2.45) is 0 Å². The molecule has 0 atom stereocenters. The molecule has 0 fully saturated rings. The SMILES string of the molecule is COC(=O)c1ccc(COC(=O)c2ccc(N)cc2)cc1. The molecule has 21 heavy (non-hydrogen) atoms. The van der Waals surface area contributed by atoms with Crippen LogP contribution in [0.4, 0.5) is 5.69 Å². The van der Waals surface area contributed by atoms with Crippen LogP contribution in [0.1, 0.15) is 26.3 Å². The van der Waals surface area contributed by atoms with Gasteiger partial charge in [-0.15, -0.1) is 0 Å². The van der Waals surface area contributed by atoms with Gasteiger partial charge in [-0.1, -0.05) is 12.1 Å². The van der Waals surface area contributed by atoms with Crippen LogP contribution in [0.5, 0.6) is 0 Å². The van der Waals surface area contributed by atoms with Gasteiger partial charge in [0, 0.05) is 5.69 Å². The van der Waals surface area contributed by atoms with Crippen molar-refractivity contribution in [3.8, 4) is 0 Å². The van der Waals surface area contributed by atoms with Crippen LogP contribution >= 0.6 is 0 Å². The van der Waals surface area contributed by atoms with Gasteiger partial charge in [0.25, 0.3) is 0 Å². The van der Waals surface area contributed by atoms with Crippen LogP contribution in [0.2, 0.25) is 0 Å². The van der Waals surface area contributed by atoms with Crippen molar-refractivity contribution in [2.45, 2.75) is 6.61 Å². The highest BCUT2D eigenvalue weighted by Crippen LogP contribution is 2.10. The monoisotopic (exact) mass is 285 g/mol. The topological polar surface area (TPSA) is 78.6 Å². The lowest BCUT2D eigenvalue weighted by Gasteiger charge is -2.06. The number of hydrogen-bond donors (Lipinski definition) is 1. The van der Waals surface area contributed by atoms with Crippen molar-refractivity contribution in [2.75, 3.05) is 12.8 Å². The first-order valence-corrected chi connectivity index (χ1v) is 6.30. The van der Waals surface area contributed by atoms with E-state index in [1.165, 1.54) is 7.11 Å². The van der Waals surface area contributed by atoms with Crippen LogP contribution in [0.25, 0.3) is 0 Å². The summed E-state index contributed by atoms with van der Waals surface area (Å²) in [6.07, 6.45) is 0. The van der Waals surface area contributed by atoms with E-state index in [4.69, 9.17) is 10.5 Å². The number of nitrogen functional groups attached to an aromatic ring is 1. The zero-order valence-electron chi connectivity index (χ0n) is 11.5. The van der Waals surface area contributed by atoms with Crippen molar-refractivity contribution in [1.29, 1.82) is 0 Å². The lowest BCUT2D eigenvalue weighted by Crippen LogP contribution is -2.06. The number of hydrogen-bond acceptors (Lipinski definition) is 5. The van der Waals surface area contributed by atoms with E-state index in [1.54, 1.807) is 48.5 Å². The molecular formula is C16H15NO4. The molecule has 2 N–H and O–H groups in total. The summed E-state index contributed by atoms with van der Waals surface area (Å²) in [4.78, 5) is 23.1. The maximum atomic E-state index is 11.8. The van der Waals surface area contributed by atoms with E-state index in [0.29, 0.717) is 16.8 Å². The van der Waals surface area contributed by atoms with Gasteiger partial charge in [0.2, 0.25) is 0 Å². The van der Waals surface area contributed by atoms with Crippen LogP contribution in [0.3, 0.4) is 0 Å². The molecule has 0 aromatic heterocycles. The zero-order chi connectivity index (χ0) is 15.2. The predicted octanol–water partition coefficient (Wildman–Crippen LogP) is 2.41. The second-order valence-corrected chi connectivity index (χ2v) is 4.39. The van der Waals surface area contributed by atoms with E-state index in [0.717, 1.165) is 5.56 Å². The van der Waals surface area contributed by atoms with Crippen molar-refractivity contribution in [3.63, 3.8) is 0 Å². The predicted molar refractivity (Wildman–Crippen MR) is 77.8 cm³/mol. The molecule has 0 unspecified atom stereocenters. The summed E-state index contributed by atoms with van der Waals surface area (Å²) in [5, 5.41) is 0. The highest BCUT2D eigenvalue weighted by Gasteiger charge is 2.08. The van der Waals surface area contributed by atoms with Gasteiger partial charge in [0.1, 0.15) is 6.61 Å². The van der Waals surface area contributed by atoms with E-state index < -0.39 is 11.9 Å². The van der Waals surface area contributed by atoms with Gasteiger partial charge in [0.05, 0.1) is 18.2 Å². The van der Waals surface area contributed by atoms with Crippen LogP contribution in [-0.4, -0.2) is 19.0 Å². The largest absolute Gasteiger partial charge is 0.465 e. The Hall–Kier alpha value is -2.82. The maximum absolute atomic E-state index is 11.8. The summed E-state index contributed by atoms with van der Waals surface area (Å²) >= 11 is 0. The smallest absolute Gasteiger partial charge is 0.338 e. The fourth-order valence-electron chi connectivity index (χ4n) is 1.71. The van der Waals surface area contributed by atoms with Crippen LogP contribution < -0.4 is 5.73 Å². The molecular weight excluding hydrogens is 270 g/mol. The molecule has 0 saturated carbocycles. The Kier molecular flexibility index (Phi) is 4.56. The number of nitrogens with two attached hydrogens (primary N) is 1. The quantitative estimate of drug-likeness (QED) is 0.689. The van der Waals surface area contributed by atoms with Crippen molar-refractivity contribution in [1.82, 2.24) is 0 Å². The Morgan fingerprint density at radius 2 is 1.43 bits per heavy atom. The van der Waals surface area contributed by atoms with Gasteiger partial charge < -0.3 is 15.2 Å². The second-order valence-electron chi connectivity index (χ2n) is 4.39. The summed E-state index contributed by atoms with van der Waals surface area (Å²) < 4.78 is 9.79. The van der Waals surface area contributed by atoms with Crippen LogP contribution in [-0.2, 0) is 16.1 Å². The van der Waals surface area contributed by atoms with E-state index >= 15 is 0 Å². The van der Waals surface area contributed by atoms with E-state index in [9.17, 15) is 9.59 Å². The summed E-state index contributed by atoms with van der Waals surface area (Å²) in [5.74, 6) is -0.826. The average Bonchev–Trinajstić information content (AvgIpc) is 2.53. The van der Waals surface area contributed by atoms with Crippen LogP contribution in [0, 0.1) is 0 Å². The molecule has 0 saturated heterocycles. The number of carbonyl (C=O) groups is 2. The second kappa shape index (κ2) is 6.56. The molecule has 0 heterocycles. The highest BCUT2D eigenvalue weighted by molar-refractivity contribution is 5.90. The molecule has 0 bridgehead atoms. The molecule has 0 radical (unpaired) electrons. The van der Waals surface area contributed by atoms with Gasteiger partial charge >= 0.3 is 11.9 Å². The Labute approximate surface area is 122 Å². The third-order valence-electron chi connectivity index (χ3n) is 2.89. The van der Waals surface area contributed by atoms with E-state index in [1.807, 2.05) is 0 Å². The van der Waals surface area contributed by atoms with Crippen LogP contribution in [0.15, 0.2) is 48.5 Å². The first kappa shape index (κ1) is 14.6. The molecule has 2 rings (SSSR count). The van der Waals surface area contributed by atoms with Crippen molar-refractivity contribution < 1.29 is 19.1 Å². The zero-order valence-corrected chi connectivity index (χ0v) is 11.5. The third kappa shape index (κ3) is 3.82. The number of benzene rings is 2. The van der Waals surface area contributed by atoms with Crippen molar-refractivity contribution in [3.05, 3.63) is 65.2 Å². The molecule has 0 aliphatic carbocycles. The van der Waals surface area contributed by atoms with Gasteiger partial charge in [-0.25, -0.2) is 9.59 Å². The molecule has 5 nitrogen and oxygen atoms in total. The van der Waals surface area contributed by atoms with Gasteiger partial charge in [-0.3, -0.25) is 0 Å². The highest BCUT2D eigenvalue weighted by atomic mass is 16.5. The lowest BCUT2D eigenvalue weighted by molar-refractivity contribution is 0.0471. The summed E-state index contributed by atoms with van der Waals surface area (Å²) in [7, 11) is 1.32. The van der Waals surface area contributed by atoms with Crippen molar-refractivity contribution >= 4 is 17.6 Å². The number of methoxy groups -OCH3 is 1. The number of esters is 2. The molecule has 2 aromatic carbocycles. The Morgan fingerprint density at radius 1 is 0.905 bits per heavy atom. The Balaban J connectivity index is 1.95. The first-order chi connectivity index (χ1) is 10.1. The maximum Gasteiger partial charge on any atom is 0.338 e. The fourth-order valence-corrected chi connectivity index (χ4v) is 1.71. The molecule has 5 heteroatoms. The Morgan fingerprint density at radius 3 is 2.00 bits per heavy atom. The standard InChI is InChI=1S/C16H15NO4/c1-20-15(18)12-4-2-11(3-5-12)10-21-16(19)13-6-8-14(17)9-7-13/h2-9H,10,17H2,1H3. The van der Waals surface area contributed by atoms with E-state index in [2.05, 4.69) is 4.74 Å². The third-order valence-corrected chi connectivity index (χ3v) is 2.89. The fraction of sp³-hybridized carbons (Fsp3) is 0.125.